The van der Waals surface area contributed by atoms with E-state index in [1.807, 2.05) is 31.2 Å². The van der Waals surface area contributed by atoms with Gasteiger partial charge in [-0.2, -0.15) is 5.26 Å². The fourth-order valence-electron chi connectivity index (χ4n) is 2.93. The summed E-state index contributed by atoms with van der Waals surface area (Å²) in [5.41, 5.74) is 8.37. The second kappa shape index (κ2) is 7.68. The predicted molar refractivity (Wildman–Crippen MR) is 92.6 cm³/mol. The first kappa shape index (κ1) is 16.9. The molecule has 2 rings (SSSR count). The molecule has 23 heavy (non-hydrogen) atoms. The number of nitrogens with two attached hydrogens (primary N) is 1. The van der Waals surface area contributed by atoms with Crippen LogP contribution in [0.25, 0.3) is 0 Å². The molecule has 0 unspecified atom stereocenters. The zero-order valence-corrected chi connectivity index (χ0v) is 13.8. The third-order valence-corrected chi connectivity index (χ3v) is 4.37. The number of rotatable bonds is 4. The average Bonchev–Trinajstić information content (AvgIpc) is 2.57. The van der Waals surface area contributed by atoms with Crippen molar-refractivity contribution >= 4 is 17.3 Å². The Labute approximate surface area is 137 Å². The average molecular weight is 312 g/mol. The molecule has 0 heterocycles. The lowest BCUT2D eigenvalue weighted by molar-refractivity contribution is -0.128. The largest absolute Gasteiger partial charge is 0.397 e. The molecule has 1 saturated carbocycles. The first-order chi connectivity index (χ1) is 11.0. The second-order valence-corrected chi connectivity index (χ2v) is 6.11. The summed E-state index contributed by atoms with van der Waals surface area (Å²) >= 11 is 0. The summed E-state index contributed by atoms with van der Waals surface area (Å²) < 4.78 is 0. The standard InChI is InChI=1S/C18H24N4O/c1-13-8-9-17(16(20)10-13)21-12-14(11-19)18(23)22(2)15-6-4-3-5-7-15/h8-10,12,15,21H,3-7,20H2,1-2H3/b14-12-. The Morgan fingerprint density at radius 3 is 2.70 bits per heavy atom. The molecule has 1 aliphatic rings. The van der Waals surface area contributed by atoms with E-state index in [0.717, 1.165) is 31.2 Å². The highest BCUT2D eigenvalue weighted by molar-refractivity contribution is 5.97. The Balaban J connectivity index is 2.08. The molecule has 0 aliphatic heterocycles. The Kier molecular flexibility index (Phi) is 5.64. The minimum Gasteiger partial charge on any atom is -0.397 e. The minimum atomic E-state index is -0.238. The van der Waals surface area contributed by atoms with Crippen molar-refractivity contribution < 1.29 is 4.79 Å². The fourth-order valence-corrected chi connectivity index (χ4v) is 2.93. The molecule has 0 spiro atoms. The number of aryl methyl sites for hydroxylation is 1. The molecular formula is C18H24N4O. The Bertz CT molecular complexity index is 639. The van der Waals surface area contributed by atoms with Gasteiger partial charge in [-0.1, -0.05) is 25.3 Å². The van der Waals surface area contributed by atoms with Crippen LogP contribution in [0.2, 0.25) is 0 Å². The van der Waals surface area contributed by atoms with E-state index in [1.165, 1.54) is 12.6 Å². The van der Waals surface area contributed by atoms with E-state index in [4.69, 9.17) is 5.73 Å². The summed E-state index contributed by atoms with van der Waals surface area (Å²) in [4.78, 5) is 14.2. The fraction of sp³-hybridized carbons (Fsp3) is 0.444. The van der Waals surface area contributed by atoms with Gasteiger partial charge in [0.05, 0.1) is 11.4 Å². The van der Waals surface area contributed by atoms with Crippen LogP contribution in [0.3, 0.4) is 0 Å². The molecule has 5 nitrogen and oxygen atoms in total. The van der Waals surface area contributed by atoms with Crippen molar-refractivity contribution in [1.29, 1.82) is 5.26 Å². The number of likely N-dealkylation sites (N-methyl/N-ethyl adjacent to an activating group) is 1. The lowest BCUT2D eigenvalue weighted by Gasteiger charge is -2.31. The smallest absolute Gasteiger partial charge is 0.266 e. The summed E-state index contributed by atoms with van der Waals surface area (Å²) in [6.07, 6.45) is 6.99. The molecule has 0 aromatic heterocycles. The number of hydrogen-bond acceptors (Lipinski definition) is 4. The minimum absolute atomic E-state index is 0.0954. The van der Waals surface area contributed by atoms with E-state index >= 15 is 0 Å². The number of benzene rings is 1. The van der Waals surface area contributed by atoms with E-state index in [9.17, 15) is 10.1 Å². The lowest BCUT2D eigenvalue weighted by Crippen LogP contribution is -2.39. The van der Waals surface area contributed by atoms with Crippen molar-refractivity contribution in [3.05, 3.63) is 35.5 Å². The summed E-state index contributed by atoms with van der Waals surface area (Å²) in [7, 11) is 1.78. The zero-order chi connectivity index (χ0) is 16.8. The van der Waals surface area contributed by atoms with E-state index < -0.39 is 0 Å². The number of anilines is 2. The van der Waals surface area contributed by atoms with E-state index in [1.54, 1.807) is 11.9 Å². The summed E-state index contributed by atoms with van der Waals surface area (Å²) in [5.74, 6) is -0.238. The highest BCUT2D eigenvalue weighted by Crippen LogP contribution is 2.23. The molecule has 3 N–H and O–H groups in total. The van der Waals surface area contributed by atoms with Crippen LogP contribution in [0, 0.1) is 18.3 Å². The summed E-state index contributed by atoms with van der Waals surface area (Å²) in [5, 5.41) is 12.3. The van der Waals surface area contributed by atoms with Crippen LogP contribution < -0.4 is 11.1 Å². The molecule has 0 atom stereocenters. The van der Waals surface area contributed by atoms with Gasteiger partial charge in [-0.15, -0.1) is 0 Å². The highest BCUT2D eigenvalue weighted by Gasteiger charge is 2.24. The Morgan fingerprint density at radius 2 is 2.09 bits per heavy atom. The quantitative estimate of drug-likeness (QED) is 0.508. The van der Waals surface area contributed by atoms with Gasteiger partial charge in [0.2, 0.25) is 0 Å². The number of carbonyl (C=O) groups excluding carboxylic acids is 1. The second-order valence-electron chi connectivity index (χ2n) is 6.11. The lowest BCUT2D eigenvalue weighted by atomic mass is 9.94. The molecule has 1 amide bonds. The van der Waals surface area contributed by atoms with Gasteiger partial charge < -0.3 is 16.0 Å². The van der Waals surface area contributed by atoms with Gasteiger partial charge in [-0.3, -0.25) is 4.79 Å². The van der Waals surface area contributed by atoms with Gasteiger partial charge in [0.15, 0.2) is 0 Å². The van der Waals surface area contributed by atoms with Crippen LogP contribution in [0.4, 0.5) is 11.4 Å². The first-order valence-corrected chi connectivity index (χ1v) is 8.03. The van der Waals surface area contributed by atoms with Gasteiger partial charge in [-0.25, -0.2) is 0 Å². The number of nitrogens with one attached hydrogen (secondary N) is 1. The monoisotopic (exact) mass is 312 g/mol. The molecule has 0 radical (unpaired) electrons. The molecule has 5 heteroatoms. The predicted octanol–water partition coefficient (Wildman–Crippen LogP) is 3.19. The van der Waals surface area contributed by atoms with Crippen LogP contribution in [-0.4, -0.2) is 23.9 Å². The number of nitrogens with zero attached hydrogens (tertiary/aromatic N) is 2. The molecule has 0 saturated heterocycles. The Morgan fingerprint density at radius 1 is 1.39 bits per heavy atom. The molecule has 1 aliphatic carbocycles. The van der Waals surface area contributed by atoms with Crippen LogP contribution in [0.5, 0.6) is 0 Å². The van der Waals surface area contributed by atoms with E-state index in [-0.39, 0.29) is 17.5 Å². The van der Waals surface area contributed by atoms with Crippen molar-refractivity contribution in [3.63, 3.8) is 0 Å². The normalized spacial score (nSPS) is 15.8. The molecular weight excluding hydrogens is 288 g/mol. The van der Waals surface area contributed by atoms with Gasteiger partial charge in [-0.05, 0) is 37.5 Å². The molecule has 0 bridgehead atoms. The topological polar surface area (TPSA) is 82.2 Å². The van der Waals surface area contributed by atoms with Crippen molar-refractivity contribution in [3.8, 4) is 6.07 Å². The van der Waals surface area contributed by atoms with Crippen LogP contribution in [-0.2, 0) is 4.79 Å². The third-order valence-electron chi connectivity index (χ3n) is 4.37. The van der Waals surface area contributed by atoms with Gasteiger partial charge in [0, 0.05) is 19.3 Å². The number of amides is 1. The number of nitriles is 1. The Hall–Kier alpha value is -2.48. The summed E-state index contributed by atoms with van der Waals surface area (Å²) in [6.45, 7) is 1.96. The molecule has 122 valence electrons. The van der Waals surface area contributed by atoms with Gasteiger partial charge in [0.1, 0.15) is 11.6 Å². The molecule has 1 fully saturated rings. The maximum atomic E-state index is 12.5. The first-order valence-electron chi connectivity index (χ1n) is 8.03. The third kappa shape index (κ3) is 4.26. The highest BCUT2D eigenvalue weighted by atomic mass is 16.2. The maximum Gasteiger partial charge on any atom is 0.266 e. The molecule has 1 aromatic carbocycles. The van der Waals surface area contributed by atoms with E-state index in [2.05, 4.69) is 5.32 Å². The van der Waals surface area contributed by atoms with Gasteiger partial charge >= 0.3 is 0 Å². The van der Waals surface area contributed by atoms with Crippen molar-refractivity contribution in [2.75, 3.05) is 18.1 Å². The van der Waals surface area contributed by atoms with Crippen LogP contribution in [0.15, 0.2) is 30.0 Å². The van der Waals surface area contributed by atoms with Crippen molar-refractivity contribution in [2.24, 2.45) is 0 Å². The van der Waals surface area contributed by atoms with E-state index in [0.29, 0.717) is 11.4 Å². The number of nitrogen functional groups attached to an aromatic ring is 1. The van der Waals surface area contributed by atoms with Crippen LogP contribution in [0.1, 0.15) is 37.7 Å². The van der Waals surface area contributed by atoms with Gasteiger partial charge in [0.25, 0.3) is 5.91 Å². The van der Waals surface area contributed by atoms with Crippen molar-refractivity contribution in [2.45, 2.75) is 45.1 Å². The number of hydrogen-bond donors (Lipinski definition) is 2. The van der Waals surface area contributed by atoms with Crippen LogP contribution >= 0.6 is 0 Å². The zero-order valence-electron chi connectivity index (χ0n) is 13.8. The van der Waals surface area contributed by atoms with Crippen molar-refractivity contribution in [1.82, 2.24) is 4.90 Å². The SMILES string of the molecule is Cc1ccc(N/C=C(/C#N)C(=O)N(C)C2CCCCC2)c(N)c1. The maximum absolute atomic E-state index is 12.5. The summed E-state index contributed by atoms with van der Waals surface area (Å²) in [6, 6.07) is 7.83. The molecule has 1 aromatic rings. The number of carbonyl (C=O) groups is 1.